The number of hydrogen-bond acceptors (Lipinski definition) is 4. The van der Waals surface area contributed by atoms with Gasteiger partial charge in [-0.15, -0.1) is 11.3 Å². The monoisotopic (exact) mass is 228 g/mol. The molecule has 1 N–H and O–H groups in total. The highest BCUT2D eigenvalue weighted by Crippen LogP contribution is 2.12. The molecule has 1 aromatic rings. The molecule has 1 aromatic heterocycles. The Labute approximate surface area is 95.9 Å². The van der Waals surface area contributed by atoms with Gasteiger partial charge in [0.15, 0.2) is 0 Å². The Morgan fingerprint density at radius 2 is 2.33 bits per heavy atom. The van der Waals surface area contributed by atoms with Gasteiger partial charge in [-0.3, -0.25) is 0 Å². The molecule has 0 aromatic carbocycles. The van der Waals surface area contributed by atoms with Gasteiger partial charge in [0, 0.05) is 31.3 Å². The fourth-order valence-corrected chi connectivity index (χ4v) is 2.13. The summed E-state index contributed by atoms with van der Waals surface area (Å²) in [7, 11) is 1.75. The quantitative estimate of drug-likeness (QED) is 0.693. The maximum atomic E-state index is 4.99. The number of thiazole rings is 1. The molecule has 0 spiro atoms. The first-order valence-corrected chi connectivity index (χ1v) is 6.31. The third-order valence-corrected chi connectivity index (χ3v) is 3.30. The molecule has 0 saturated carbocycles. The number of nitrogens with one attached hydrogen (secondary N) is 1. The molecule has 0 bridgehead atoms. The number of hydrogen-bond donors (Lipinski definition) is 1. The average molecular weight is 228 g/mol. The highest BCUT2D eigenvalue weighted by atomic mass is 32.1. The number of aromatic nitrogens is 1. The predicted octanol–water partition coefficient (Wildman–Crippen LogP) is 2.22. The molecule has 86 valence electrons. The molecular formula is C11H20N2OS. The first-order chi connectivity index (χ1) is 7.36. The summed E-state index contributed by atoms with van der Waals surface area (Å²) in [5, 5.41) is 4.64. The lowest BCUT2D eigenvalue weighted by Crippen LogP contribution is -2.14. The lowest BCUT2D eigenvalue weighted by atomic mass is 10.3. The van der Waals surface area contributed by atoms with Crippen molar-refractivity contribution in [1.82, 2.24) is 10.3 Å². The van der Waals surface area contributed by atoms with Gasteiger partial charge >= 0.3 is 0 Å². The minimum absolute atomic E-state index is 0.863. The Kier molecular flexibility index (Phi) is 6.55. The predicted molar refractivity (Wildman–Crippen MR) is 64.3 cm³/mol. The lowest BCUT2D eigenvalue weighted by molar-refractivity contribution is 0.192. The number of aryl methyl sites for hydroxylation is 1. The summed E-state index contributed by atoms with van der Waals surface area (Å²) in [4.78, 5) is 5.65. The molecule has 0 aliphatic carbocycles. The largest absolute Gasteiger partial charge is 0.385 e. The van der Waals surface area contributed by atoms with E-state index < -0.39 is 0 Å². The molecule has 0 radical (unpaired) electrons. The van der Waals surface area contributed by atoms with Crippen molar-refractivity contribution in [2.24, 2.45) is 0 Å². The Balaban J connectivity index is 2.04. The highest BCUT2D eigenvalue weighted by molar-refractivity contribution is 7.11. The van der Waals surface area contributed by atoms with Gasteiger partial charge in [0.1, 0.15) is 0 Å². The Morgan fingerprint density at radius 3 is 3.00 bits per heavy atom. The molecule has 4 heteroatoms. The van der Waals surface area contributed by atoms with Gasteiger partial charge < -0.3 is 10.1 Å². The molecule has 1 rings (SSSR count). The number of unbranched alkanes of at least 4 members (excludes halogenated alkanes) is 1. The van der Waals surface area contributed by atoms with E-state index in [-0.39, 0.29) is 0 Å². The van der Waals surface area contributed by atoms with Crippen molar-refractivity contribution in [3.63, 3.8) is 0 Å². The molecule has 0 amide bonds. The summed E-state index contributed by atoms with van der Waals surface area (Å²) in [6, 6.07) is 0. The van der Waals surface area contributed by atoms with Crippen LogP contribution in [0.25, 0.3) is 0 Å². The molecule has 0 fully saturated rings. The van der Waals surface area contributed by atoms with Crippen LogP contribution in [0.2, 0.25) is 0 Å². The van der Waals surface area contributed by atoms with E-state index in [0.29, 0.717) is 0 Å². The van der Waals surface area contributed by atoms with Crippen LogP contribution in [0.3, 0.4) is 0 Å². The zero-order valence-corrected chi connectivity index (χ0v) is 10.4. The number of rotatable bonds is 8. The maximum Gasteiger partial charge on any atom is 0.0925 e. The minimum atomic E-state index is 0.863. The Morgan fingerprint density at radius 1 is 1.47 bits per heavy atom. The minimum Gasteiger partial charge on any atom is -0.385 e. The summed E-state index contributed by atoms with van der Waals surface area (Å²) < 4.78 is 4.99. The second-order valence-electron chi connectivity index (χ2n) is 3.45. The van der Waals surface area contributed by atoms with Crippen LogP contribution in [0.1, 0.15) is 29.7 Å². The van der Waals surface area contributed by atoms with Gasteiger partial charge in [-0.25, -0.2) is 4.98 Å². The van der Waals surface area contributed by atoms with Crippen molar-refractivity contribution in [3.8, 4) is 0 Å². The molecular weight excluding hydrogens is 208 g/mol. The molecule has 0 aliphatic rings. The fourth-order valence-electron chi connectivity index (χ4n) is 1.30. The zero-order valence-electron chi connectivity index (χ0n) is 9.58. The van der Waals surface area contributed by atoms with Crippen molar-refractivity contribution in [2.45, 2.75) is 32.7 Å². The van der Waals surface area contributed by atoms with Crippen LogP contribution in [0.15, 0.2) is 6.20 Å². The topological polar surface area (TPSA) is 34.2 Å². The normalized spacial score (nSPS) is 10.8. The van der Waals surface area contributed by atoms with Crippen LogP contribution in [-0.2, 0) is 17.7 Å². The van der Waals surface area contributed by atoms with Crippen LogP contribution in [0.5, 0.6) is 0 Å². The van der Waals surface area contributed by atoms with Gasteiger partial charge in [-0.2, -0.15) is 0 Å². The number of methoxy groups -OCH3 is 1. The smallest absolute Gasteiger partial charge is 0.0925 e. The van der Waals surface area contributed by atoms with Gasteiger partial charge in [-0.1, -0.05) is 6.92 Å². The number of nitrogens with zero attached hydrogens (tertiary/aromatic N) is 1. The molecule has 0 saturated heterocycles. The summed E-state index contributed by atoms with van der Waals surface area (Å²) in [5.74, 6) is 0. The zero-order chi connectivity index (χ0) is 10.9. The number of ether oxygens (including phenoxy) is 1. The molecule has 0 aliphatic heterocycles. The second kappa shape index (κ2) is 7.79. The summed E-state index contributed by atoms with van der Waals surface area (Å²) in [5.41, 5.74) is 0. The van der Waals surface area contributed by atoms with Crippen LogP contribution in [-0.4, -0.2) is 25.2 Å². The van der Waals surface area contributed by atoms with E-state index in [1.807, 2.05) is 6.20 Å². The van der Waals surface area contributed by atoms with Crippen LogP contribution >= 0.6 is 11.3 Å². The summed E-state index contributed by atoms with van der Waals surface area (Å²) >= 11 is 1.80. The lowest BCUT2D eigenvalue weighted by Gasteiger charge is -2.01. The van der Waals surface area contributed by atoms with Crippen LogP contribution in [0, 0.1) is 0 Å². The highest BCUT2D eigenvalue weighted by Gasteiger charge is 1.98. The van der Waals surface area contributed by atoms with E-state index in [1.54, 1.807) is 18.4 Å². The SMILES string of the molecule is CCc1ncc(CNCCCCOC)s1. The van der Waals surface area contributed by atoms with E-state index in [4.69, 9.17) is 4.74 Å². The standard InChI is InChI=1S/C11H20N2OS/c1-3-11-13-9-10(15-11)8-12-6-4-5-7-14-2/h9,12H,3-8H2,1-2H3. The van der Waals surface area contributed by atoms with Gasteiger partial charge in [0.2, 0.25) is 0 Å². The maximum absolute atomic E-state index is 4.99. The third kappa shape index (κ3) is 5.25. The van der Waals surface area contributed by atoms with E-state index in [2.05, 4.69) is 17.2 Å². The first-order valence-electron chi connectivity index (χ1n) is 5.50. The summed E-state index contributed by atoms with van der Waals surface area (Å²) in [6.45, 7) is 5.01. The molecule has 1 heterocycles. The van der Waals surface area contributed by atoms with E-state index in [9.17, 15) is 0 Å². The van der Waals surface area contributed by atoms with E-state index in [0.717, 1.165) is 32.5 Å². The van der Waals surface area contributed by atoms with Gasteiger partial charge in [0.25, 0.3) is 0 Å². The first kappa shape index (κ1) is 12.6. The van der Waals surface area contributed by atoms with Crippen molar-refractivity contribution >= 4 is 11.3 Å². The third-order valence-electron chi connectivity index (χ3n) is 2.16. The van der Waals surface area contributed by atoms with Crippen molar-refractivity contribution < 1.29 is 4.74 Å². The average Bonchev–Trinajstić information content (AvgIpc) is 2.71. The van der Waals surface area contributed by atoms with Crippen molar-refractivity contribution in [3.05, 3.63) is 16.1 Å². The van der Waals surface area contributed by atoms with Crippen molar-refractivity contribution in [2.75, 3.05) is 20.3 Å². The Hall–Kier alpha value is -0.450. The van der Waals surface area contributed by atoms with E-state index >= 15 is 0 Å². The Bertz CT molecular complexity index is 263. The van der Waals surface area contributed by atoms with Crippen LogP contribution < -0.4 is 5.32 Å². The van der Waals surface area contributed by atoms with Gasteiger partial charge in [0.05, 0.1) is 5.01 Å². The van der Waals surface area contributed by atoms with E-state index in [1.165, 1.54) is 16.3 Å². The van der Waals surface area contributed by atoms with Gasteiger partial charge in [-0.05, 0) is 25.8 Å². The molecule has 15 heavy (non-hydrogen) atoms. The van der Waals surface area contributed by atoms with Crippen molar-refractivity contribution in [1.29, 1.82) is 0 Å². The molecule has 0 unspecified atom stereocenters. The van der Waals surface area contributed by atoms with Crippen LogP contribution in [0.4, 0.5) is 0 Å². The second-order valence-corrected chi connectivity index (χ2v) is 4.65. The molecule has 3 nitrogen and oxygen atoms in total. The fraction of sp³-hybridized carbons (Fsp3) is 0.727. The summed E-state index contributed by atoms with van der Waals surface area (Å²) in [6.07, 6.45) is 5.32. The molecule has 0 atom stereocenters.